The predicted octanol–water partition coefficient (Wildman–Crippen LogP) is 3.79. The number of piperazine rings is 1. The van der Waals surface area contributed by atoms with Gasteiger partial charge in [0.1, 0.15) is 0 Å². The maximum absolute atomic E-state index is 13.3. The van der Waals surface area contributed by atoms with Crippen LogP contribution in [0.25, 0.3) is 0 Å². The van der Waals surface area contributed by atoms with Crippen molar-refractivity contribution in [2.45, 2.75) is 36.8 Å². The monoisotopic (exact) mass is 516 g/mol. The van der Waals surface area contributed by atoms with Crippen LogP contribution < -0.4 is 10.2 Å². The van der Waals surface area contributed by atoms with Crippen molar-refractivity contribution in [2.75, 3.05) is 62.3 Å². The molecule has 2 aromatic rings. The van der Waals surface area contributed by atoms with Crippen LogP contribution in [-0.2, 0) is 20.6 Å². The summed E-state index contributed by atoms with van der Waals surface area (Å²) >= 11 is 1.55. The van der Waals surface area contributed by atoms with E-state index in [0.29, 0.717) is 24.5 Å². The topological polar surface area (TPSA) is 73.0 Å². The number of carbonyl (C=O) groups excluding carboxylic acids is 1. The molecule has 7 nitrogen and oxygen atoms in total. The number of rotatable bonds is 8. The zero-order valence-electron chi connectivity index (χ0n) is 20.7. The van der Waals surface area contributed by atoms with E-state index >= 15 is 0 Å². The standard InChI is InChI=1S/C26H36N4O3S2/c1-21-6-8-22(9-7-21)19-34-20-26(31)27-24-18-23(35(32,33)30-12-4-3-5-13-30)10-11-25(24)29-16-14-28(2)15-17-29/h6-11,18H,3-5,12-17,19-20H2,1-2H3,(H,27,31). The summed E-state index contributed by atoms with van der Waals surface area (Å²) in [5.74, 6) is 0.937. The average Bonchev–Trinajstić information content (AvgIpc) is 2.86. The van der Waals surface area contributed by atoms with E-state index in [4.69, 9.17) is 0 Å². The molecule has 0 unspecified atom stereocenters. The molecule has 0 aliphatic carbocycles. The minimum atomic E-state index is -3.58. The third kappa shape index (κ3) is 6.78. The van der Waals surface area contributed by atoms with Gasteiger partial charge in [-0.3, -0.25) is 4.79 Å². The lowest BCUT2D eigenvalue weighted by Crippen LogP contribution is -2.44. The molecule has 2 saturated heterocycles. The zero-order valence-corrected chi connectivity index (χ0v) is 22.3. The van der Waals surface area contributed by atoms with Crippen LogP contribution in [0.15, 0.2) is 47.4 Å². The molecule has 2 aliphatic rings. The SMILES string of the molecule is Cc1ccc(CSCC(=O)Nc2cc(S(=O)(=O)N3CCCCC3)ccc2N2CCN(C)CC2)cc1. The molecule has 1 amide bonds. The molecule has 4 rings (SSSR count). The third-order valence-corrected chi connectivity index (χ3v) is 9.56. The van der Waals surface area contributed by atoms with Gasteiger partial charge in [-0.05, 0) is 50.6 Å². The van der Waals surface area contributed by atoms with E-state index in [1.165, 1.54) is 11.1 Å². The van der Waals surface area contributed by atoms with Crippen LogP contribution in [0.3, 0.4) is 0 Å². The van der Waals surface area contributed by atoms with Crippen LogP contribution in [0.1, 0.15) is 30.4 Å². The fourth-order valence-electron chi connectivity index (χ4n) is 4.49. The van der Waals surface area contributed by atoms with Gasteiger partial charge >= 0.3 is 0 Å². The second-order valence-electron chi connectivity index (χ2n) is 9.46. The van der Waals surface area contributed by atoms with Crippen LogP contribution in [-0.4, -0.2) is 75.6 Å². The largest absolute Gasteiger partial charge is 0.367 e. The number of carbonyl (C=O) groups is 1. The number of nitrogens with one attached hydrogen (secondary N) is 1. The summed E-state index contributed by atoms with van der Waals surface area (Å²) < 4.78 is 28.2. The molecule has 1 N–H and O–H groups in total. The Morgan fingerprint density at radius 3 is 2.31 bits per heavy atom. The van der Waals surface area contributed by atoms with Crippen molar-refractivity contribution in [1.29, 1.82) is 0 Å². The first-order valence-electron chi connectivity index (χ1n) is 12.3. The fraction of sp³-hybridized carbons (Fsp3) is 0.500. The molecule has 35 heavy (non-hydrogen) atoms. The van der Waals surface area contributed by atoms with Crippen molar-refractivity contribution in [3.8, 4) is 0 Å². The second kappa shape index (κ2) is 11.8. The number of nitrogens with zero attached hydrogens (tertiary/aromatic N) is 3. The van der Waals surface area contributed by atoms with Crippen molar-refractivity contribution in [1.82, 2.24) is 9.21 Å². The molecular formula is C26H36N4O3S2. The highest BCUT2D eigenvalue weighted by Gasteiger charge is 2.28. The number of amides is 1. The number of anilines is 2. The first-order valence-corrected chi connectivity index (χ1v) is 14.9. The number of sulfonamides is 1. The van der Waals surface area contributed by atoms with E-state index in [1.807, 2.05) is 6.07 Å². The number of hydrogen-bond acceptors (Lipinski definition) is 6. The number of likely N-dealkylation sites (N-methyl/N-ethyl adjacent to an activating group) is 1. The Hall–Kier alpha value is -2.07. The minimum absolute atomic E-state index is 0.120. The quantitative estimate of drug-likeness (QED) is 0.576. The number of aryl methyl sites for hydroxylation is 1. The molecule has 0 radical (unpaired) electrons. The highest BCUT2D eigenvalue weighted by atomic mass is 32.2. The van der Waals surface area contributed by atoms with Crippen LogP contribution in [0.2, 0.25) is 0 Å². The first-order chi connectivity index (χ1) is 16.8. The number of hydrogen-bond donors (Lipinski definition) is 1. The van der Waals surface area contributed by atoms with Gasteiger partial charge in [-0.15, -0.1) is 11.8 Å². The molecule has 2 heterocycles. The molecule has 0 aromatic heterocycles. The molecule has 2 fully saturated rings. The molecule has 2 aliphatic heterocycles. The Morgan fingerprint density at radius 2 is 1.63 bits per heavy atom. The average molecular weight is 517 g/mol. The van der Waals surface area contributed by atoms with Crippen LogP contribution in [0.5, 0.6) is 0 Å². The summed E-state index contributed by atoms with van der Waals surface area (Å²) in [5, 5.41) is 3.03. The van der Waals surface area contributed by atoms with Crippen LogP contribution in [0.4, 0.5) is 11.4 Å². The van der Waals surface area contributed by atoms with Crippen molar-refractivity contribution >= 4 is 39.1 Å². The molecule has 0 atom stereocenters. The predicted molar refractivity (Wildman–Crippen MR) is 145 cm³/mol. The van der Waals surface area contributed by atoms with E-state index in [9.17, 15) is 13.2 Å². The molecule has 0 spiro atoms. The van der Waals surface area contributed by atoms with Gasteiger partial charge in [0.25, 0.3) is 0 Å². The van der Waals surface area contributed by atoms with Gasteiger partial charge in [0.2, 0.25) is 15.9 Å². The number of piperidine rings is 1. The van der Waals surface area contributed by atoms with Gasteiger partial charge in [-0.25, -0.2) is 8.42 Å². The molecule has 2 aromatic carbocycles. The van der Waals surface area contributed by atoms with E-state index < -0.39 is 10.0 Å². The maximum atomic E-state index is 13.3. The zero-order chi connectivity index (χ0) is 24.8. The highest BCUT2D eigenvalue weighted by molar-refractivity contribution is 7.99. The van der Waals surface area contributed by atoms with Crippen LogP contribution in [0, 0.1) is 6.92 Å². The lowest BCUT2D eigenvalue weighted by molar-refractivity contribution is -0.113. The Bertz CT molecular complexity index is 1110. The Morgan fingerprint density at radius 1 is 0.943 bits per heavy atom. The molecule has 0 saturated carbocycles. The highest BCUT2D eigenvalue weighted by Crippen LogP contribution is 2.32. The van der Waals surface area contributed by atoms with Gasteiger partial charge in [0.15, 0.2) is 0 Å². The summed E-state index contributed by atoms with van der Waals surface area (Å²) in [7, 11) is -1.49. The Kier molecular flexibility index (Phi) is 8.75. The third-order valence-electron chi connectivity index (χ3n) is 6.66. The van der Waals surface area contributed by atoms with E-state index in [-0.39, 0.29) is 10.8 Å². The van der Waals surface area contributed by atoms with E-state index in [1.54, 1.807) is 28.2 Å². The minimum Gasteiger partial charge on any atom is -0.367 e. The van der Waals surface area contributed by atoms with Crippen molar-refractivity contribution in [2.24, 2.45) is 0 Å². The Balaban J connectivity index is 1.50. The van der Waals surface area contributed by atoms with Gasteiger partial charge in [-0.2, -0.15) is 4.31 Å². The van der Waals surface area contributed by atoms with Crippen molar-refractivity contribution < 1.29 is 13.2 Å². The number of benzene rings is 2. The molecule has 9 heteroatoms. The summed E-state index contributed by atoms with van der Waals surface area (Å²) in [6.07, 6.45) is 2.84. The maximum Gasteiger partial charge on any atom is 0.243 e. The van der Waals surface area contributed by atoms with Crippen molar-refractivity contribution in [3.05, 3.63) is 53.6 Å². The van der Waals surface area contributed by atoms with Gasteiger partial charge < -0.3 is 15.1 Å². The second-order valence-corrected chi connectivity index (χ2v) is 12.4. The summed E-state index contributed by atoms with van der Waals surface area (Å²) in [5.41, 5.74) is 3.86. The Labute approximate surface area is 213 Å². The van der Waals surface area contributed by atoms with Crippen molar-refractivity contribution in [3.63, 3.8) is 0 Å². The number of thioether (sulfide) groups is 1. The van der Waals surface area contributed by atoms with Gasteiger partial charge in [-0.1, -0.05) is 36.2 Å². The normalized spacial score (nSPS) is 17.9. The van der Waals surface area contributed by atoms with E-state index in [2.05, 4.69) is 53.4 Å². The van der Waals surface area contributed by atoms with Gasteiger partial charge in [0, 0.05) is 45.0 Å². The van der Waals surface area contributed by atoms with Gasteiger partial charge in [0.05, 0.1) is 22.0 Å². The lowest BCUT2D eigenvalue weighted by atomic mass is 10.2. The summed E-state index contributed by atoms with van der Waals surface area (Å²) in [4.78, 5) is 17.6. The summed E-state index contributed by atoms with van der Waals surface area (Å²) in [6, 6.07) is 13.5. The molecular weight excluding hydrogens is 480 g/mol. The molecule has 190 valence electrons. The summed E-state index contributed by atoms with van der Waals surface area (Å²) in [6.45, 7) is 6.68. The smallest absolute Gasteiger partial charge is 0.243 e. The fourth-order valence-corrected chi connectivity index (χ4v) is 6.82. The van der Waals surface area contributed by atoms with Crippen LogP contribution >= 0.6 is 11.8 Å². The lowest BCUT2D eigenvalue weighted by Gasteiger charge is -2.35. The molecule has 0 bridgehead atoms. The van der Waals surface area contributed by atoms with E-state index in [0.717, 1.165) is 56.9 Å². The first kappa shape index (κ1) is 26.0.